The molecule has 0 unspecified atom stereocenters. The topological polar surface area (TPSA) is 15.7 Å². The molecule has 0 bridgehead atoms. The first kappa shape index (κ1) is 13.7. The van der Waals surface area contributed by atoms with Crippen LogP contribution >= 0.6 is 11.6 Å². The number of alkyl halides is 1. The second-order valence-corrected chi connectivity index (χ2v) is 5.04. The lowest BCUT2D eigenvalue weighted by molar-refractivity contribution is 0.132. The maximum Gasteiger partial charge on any atom is 0.119 e. The number of hydrogen-bond acceptors (Lipinski definition) is 3. The molecule has 1 saturated heterocycles. The van der Waals surface area contributed by atoms with Crippen molar-refractivity contribution in [2.24, 2.45) is 0 Å². The van der Waals surface area contributed by atoms with Gasteiger partial charge < -0.3 is 4.74 Å². The van der Waals surface area contributed by atoms with E-state index in [-0.39, 0.29) is 0 Å². The lowest BCUT2D eigenvalue weighted by atomic mass is 10.2. The van der Waals surface area contributed by atoms with Gasteiger partial charge in [0.25, 0.3) is 0 Å². The summed E-state index contributed by atoms with van der Waals surface area (Å²) in [4.78, 5) is 4.91. The maximum atomic E-state index is 5.77. The maximum absolute atomic E-state index is 5.77. The first-order valence-electron chi connectivity index (χ1n) is 6.45. The third kappa shape index (κ3) is 3.87. The minimum atomic E-state index is 0.732. The molecule has 1 heterocycles. The van der Waals surface area contributed by atoms with Crippen molar-refractivity contribution >= 4 is 11.6 Å². The highest BCUT2D eigenvalue weighted by Crippen LogP contribution is 2.15. The van der Waals surface area contributed by atoms with Crippen molar-refractivity contribution in [1.82, 2.24) is 9.80 Å². The van der Waals surface area contributed by atoms with Crippen molar-refractivity contribution in [3.63, 3.8) is 0 Å². The predicted octanol–water partition coefficient (Wildman–Crippen LogP) is 2.05. The van der Waals surface area contributed by atoms with Crippen LogP contribution in [0.1, 0.15) is 5.56 Å². The Bertz CT molecular complexity index is 365. The predicted molar refractivity (Wildman–Crippen MR) is 75.4 cm³/mol. The van der Waals surface area contributed by atoms with E-state index in [0.29, 0.717) is 0 Å². The summed E-state index contributed by atoms with van der Waals surface area (Å²) in [6.45, 7) is 6.50. The van der Waals surface area contributed by atoms with Crippen molar-refractivity contribution in [3.05, 3.63) is 29.8 Å². The van der Waals surface area contributed by atoms with Gasteiger partial charge in [0.2, 0.25) is 0 Å². The second kappa shape index (κ2) is 6.98. The number of rotatable bonds is 5. The molecule has 1 aromatic rings. The quantitative estimate of drug-likeness (QED) is 0.761. The standard InChI is InChI=1S/C14H21ClN2O/c1-18-14-4-2-3-13(11-14)12-17-9-7-16(6-5-15)8-10-17/h2-4,11H,5-10,12H2,1H3. The smallest absolute Gasteiger partial charge is 0.119 e. The molecule has 2 rings (SSSR count). The number of ether oxygens (including phenoxy) is 1. The Balaban J connectivity index is 1.83. The lowest BCUT2D eigenvalue weighted by Crippen LogP contribution is -2.46. The van der Waals surface area contributed by atoms with Crippen LogP contribution in [0.5, 0.6) is 5.75 Å². The van der Waals surface area contributed by atoms with Gasteiger partial charge in [-0.25, -0.2) is 0 Å². The molecule has 0 aromatic heterocycles. The number of piperazine rings is 1. The van der Waals surface area contributed by atoms with Crippen LogP contribution in [-0.2, 0) is 6.54 Å². The fourth-order valence-corrected chi connectivity index (χ4v) is 2.56. The molecule has 100 valence electrons. The lowest BCUT2D eigenvalue weighted by Gasteiger charge is -2.34. The third-order valence-electron chi connectivity index (χ3n) is 3.41. The summed E-state index contributed by atoms with van der Waals surface area (Å²) in [6, 6.07) is 8.32. The molecule has 1 fully saturated rings. The SMILES string of the molecule is COc1cccc(CN2CCN(CCCl)CC2)c1. The van der Waals surface area contributed by atoms with Gasteiger partial charge >= 0.3 is 0 Å². The second-order valence-electron chi connectivity index (χ2n) is 4.66. The highest BCUT2D eigenvalue weighted by atomic mass is 35.5. The summed E-state index contributed by atoms with van der Waals surface area (Å²) in [6.07, 6.45) is 0. The number of benzene rings is 1. The van der Waals surface area contributed by atoms with Gasteiger partial charge in [-0.2, -0.15) is 0 Å². The molecule has 3 nitrogen and oxygen atoms in total. The van der Waals surface area contributed by atoms with E-state index in [9.17, 15) is 0 Å². The summed E-state index contributed by atoms with van der Waals surface area (Å²) in [5.41, 5.74) is 1.32. The Kier molecular flexibility index (Phi) is 5.29. The van der Waals surface area contributed by atoms with Crippen LogP contribution in [0.2, 0.25) is 0 Å². The molecular formula is C14H21ClN2O. The Hall–Kier alpha value is -0.770. The first-order valence-corrected chi connectivity index (χ1v) is 6.99. The van der Waals surface area contributed by atoms with E-state index in [1.165, 1.54) is 5.56 Å². The Morgan fingerprint density at radius 2 is 1.89 bits per heavy atom. The molecule has 18 heavy (non-hydrogen) atoms. The van der Waals surface area contributed by atoms with Crippen LogP contribution in [0.3, 0.4) is 0 Å². The molecule has 1 aliphatic heterocycles. The fourth-order valence-electron chi connectivity index (χ4n) is 2.32. The highest BCUT2D eigenvalue weighted by Gasteiger charge is 2.16. The summed E-state index contributed by atoms with van der Waals surface area (Å²) in [5.74, 6) is 1.67. The summed E-state index contributed by atoms with van der Waals surface area (Å²) < 4.78 is 5.25. The van der Waals surface area contributed by atoms with E-state index in [4.69, 9.17) is 16.3 Å². The van der Waals surface area contributed by atoms with E-state index in [2.05, 4.69) is 28.0 Å². The van der Waals surface area contributed by atoms with Crippen LogP contribution in [0, 0.1) is 0 Å². The zero-order valence-electron chi connectivity index (χ0n) is 10.9. The van der Waals surface area contributed by atoms with E-state index in [1.807, 2.05) is 6.07 Å². The van der Waals surface area contributed by atoms with Gasteiger partial charge in [-0.15, -0.1) is 11.6 Å². The van der Waals surface area contributed by atoms with Gasteiger partial charge in [-0.3, -0.25) is 9.80 Å². The van der Waals surface area contributed by atoms with Gasteiger partial charge in [0, 0.05) is 45.1 Å². The van der Waals surface area contributed by atoms with Gasteiger partial charge in [-0.1, -0.05) is 12.1 Å². The fraction of sp³-hybridized carbons (Fsp3) is 0.571. The molecule has 1 aromatic carbocycles. The number of nitrogens with zero attached hydrogens (tertiary/aromatic N) is 2. The van der Waals surface area contributed by atoms with E-state index >= 15 is 0 Å². The average molecular weight is 269 g/mol. The summed E-state index contributed by atoms with van der Waals surface area (Å²) in [7, 11) is 1.71. The number of halogens is 1. The Morgan fingerprint density at radius 1 is 1.17 bits per heavy atom. The summed E-state index contributed by atoms with van der Waals surface area (Å²) >= 11 is 5.77. The van der Waals surface area contributed by atoms with Crippen molar-refractivity contribution in [3.8, 4) is 5.75 Å². The largest absolute Gasteiger partial charge is 0.497 e. The van der Waals surface area contributed by atoms with E-state index in [0.717, 1.165) is 50.9 Å². The molecule has 0 saturated carbocycles. The summed E-state index contributed by atoms with van der Waals surface area (Å²) in [5, 5.41) is 0. The minimum absolute atomic E-state index is 0.732. The van der Waals surface area contributed by atoms with Crippen molar-refractivity contribution in [2.45, 2.75) is 6.54 Å². The van der Waals surface area contributed by atoms with E-state index < -0.39 is 0 Å². The van der Waals surface area contributed by atoms with E-state index in [1.54, 1.807) is 7.11 Å². The van der Waals surface area contributed by atoms with Gasteiger partial charge in [0.15, 0.2) is 0 Å². The number of hydrogen-bond donors (Lipinski definition) is 0. The van der Waals surface area contributed by atoms with Gasteiger partial charge in [0.05, 0.1) is 7.11 Å². The van der Waals surface area contributed by atoms with Crippen LogP contribution in [-0.4, -0.2) is 55.5 Å². The zero-order chi connectivity index (χ0) is 12.8. The minimum Gasteiger partial charge on any atom is -0.497 e. The third-order valence-corrected chi connectivity index (χ3v) is 3.58. The molecule has 0 amide bonds. The van der Waals surface area contributed by atoms with Crippen molar-refractivity contribution < 1.29 is 4.74 Å². The van der Waals surface area contributed by atoms with Crippen molar-refractivity contribution in [2.75, 3.05) is 45.7 Å². The molecule has 1 aliphatic rings. The molecule has 0 aliphatic carbocycles. The molecular weight excluding hydrogens is 248 g/mol. The Labute approximate surface area is 114 Å². The number of methoxy groups -OCH3 is 1. The van der Waals surface area contributed by atoms with Gasteiger partial charge in [0.1, 0.15) is 5.75 Å². The van der Waals surface area contributed by atoms with Crippen LogP contribution in [0.15, 0.2) is 24.3 Å². The molecule has 0 radical (unpaired) electrons. The van der Waals surface area contributed by atoms with Crippen LogP contribution < -0.4 is 4.74 Å². The Morgan fingerprint density at radius 3 is 2.56 bits per heavy atom. The monoisotopic (exact) mass is 268 g/mol. The molecule has 0 atom stereocenters. The molecule has 4 heteroatoms. The molecule has 0 spiro atoms. The first-order chi connectivity index (χ1) is 8.81. The average Bonchev–Trinajstić information content (AvgIpc) is 2.42. The zero-order valence-corrected chi connectivity index (χ0v) is 11.7. The molecule has 0 N–H and O–H groups in total. The van der Waals surface area contributed by atoms with Crippen molar-refractivity contribution in [1.29, 1.82) is 0 Å². The van der Waals surface area contributed by atoms with Gasteiger partial charge in [-0.05, 0) is 17.7 Å². The van der Waals surface area contributed by atoms with Crippen LogP contribution in [0.4, 0.5) is 0 Å². The normalized spacial score (nSPS) is 17.9. The highest BCUT2D eigenvalue weighted by molar-refractivity contribution is 6.18. The van der Waals surface area contributed by atoms with Crippen LogP contribution in [0.25, 0.3) is 0 Å².